The molecule has 0 aromatic heterocycles. The van der Waals surface area contributed by atoms with Gasteiger partial charge in [-0.05, 0) is 43.9 Å². The van der Waals surface area contributed by atoms with Gasteiger partial charge in [-0.25, -0.2) is 0 Å². The van der Waals surface area contributed by atoms with Crippen LogP contribution in [0.2, 0.25) is 0 Å². The molecule has 0 heterocycles. The van der Waals surface area contributed by atoms with E-state index in [0.717, 1.165) is 36.9 Å². The number of amides is 1. The zero-order valence-corrected chi connectivity index (χ0v) is 11.9. The molecule has 0 atom stereocenters. The third kappa shape index (κ3) is 4.54. The van der Waals surface area contributed by atoms with Gasteiger partial charge < -0.3 is 5.32 Å². The highest BCUT2D eigenvalue weighted by atomic mass is 16.1. The van der Waals surface area contributed by atoms with Crippen molar-refractivity contribution in [3.63, 3.8) is 0 Å². The Morgan fingerprint density at radius 3 is 2.55 bits per heavy atom. The second-order valence-electron chi connectivity index (χ2n) is 5.07. The zero-order valence-electron chi connectivity index (χ0n) is 11.9. The number of nitrogens with one attached hydrogen (secondary N) is 1. The molecule has 0 aliphatic heterocycles. The average molecular weight is 267 g/mol. The molecule has 2 heteroatoms. The van der Waals surface area contributed by atoms with Gasteiger partial charge in [-0.15, -0.1) is 0 Å². The first-order valence-electron chi connectivity index (χ1n) is 7.14. The Morgan fingerprint density at radius 2 is 1.80 bits per heavy atom. The van der Waals surface area contributed by atoms with Crippen LogP contribution in [0.4, 0.5) is 0 Å². The molecule has 1 N–H and O–H groups in total. The third-order valence-corrected chi connectivity index (χ3v) is 3.30. The van der Waals surface area contributed by atoms with E-state index >= 15 is 0 Å². The fourth-order valence-electron chi connectivity index (χ4n) is 2.19. The summed E-state index contributed by atoms with van der Waals surface area (Å²) in [5.41, 5.74) is 3.22. The van der Waals surface area contributed by atoms with E-state index in [2.05, 4.69) is 29.6 Å². The highest BCUT2D eigenvalue weighted by Gasteiger charge is 2.03. The molecule has 2 aromatic rings. The molecule has 2 nitrogen and oxygen atoms in total. The second kappa shape index (κ2) is 7.49. The van der Waals surface area contributed by atoms with Crippen molar-refractivity contribution in [1.29, 1.82) is 0 Å². The van der Waals surface area contributed by atoms with Crippen molar-refractivity contribution in [2.75, 3.05) is 6.54 Å². The van der Waals surface area contributed by atoms with Crippen LogP contribution in [0.3, 0.4) is 0 Å². The summed E-state index contributed by atoms with van der Waals surface area (Å²) in [5.74, 6) is 0.0217. The van der Waals surface area contributed by atoms with Gasteiger partial charge in [0.15, 0.2) is 0 Å². The van der Waals surface area contributed by atoms with Crippen molar-refractivity contribution in [3.05, 3.63) is 71.3 Å². The first-order valence-corrected chi connectivity index (χ1v) is 7.14. The van der Waals surface area contributed by atoms with Gasteiger partial charge in [-0.1, -0.05) is 48.0 Å². The van der Waals surface area contributed by atoms with E-state index in [1.165, 1.54) is 5.56 Å². The maximum atomic E-state index is 11.9. The van der Waals surface area contributed by atoms with E-state index in [-0.39, 0.29) is 5.91 Å². The summed E-state index contributed by atoms with van der Waals surface area (Å²) in [6, 6.07) is 18.1. The van der Waals surface area contributed by atoms with E-state index in [1.54, 1.807) is 0 Å². The molecule has 0 saturated carbocycles. The van der Waals surface area contributed by atoms with Crippen molar-refractivity contribution in [1.82, 2.24) is 5.32 Å². The summed E-state index contributed by atoms with van der Waals surface area (Å²) >= 11 is 0. The number of rotatable bonds is 6. The monoisotopic (exact) mass is 267 g/mol. The first-order chi connectivity index (χ1) is 9.75. The molecular formula is C18H21NO. The Morgan fingerprint density at radius 1 is 1.00 bits per heavy atom. The van der Waals surface area contributed by atoms with Crippen LogP contribution >= 0.6 is 0 Å². The number of benzene rings is 2. The average Bonchev–Trinajstić information content (AvgIpc) is 2.48. The molecule has 20 heavy (non-hydrogen) atoms. The Labute approximate surface area is 120 Å². The van der Waals surface area contributed by atoms with Crippen LogP contribution in [0.25, 0.3) is 0 Å². The Balaban J connectivity index is 1.67. The smallest absolute Gasteiger partial charge is 0.251 e. The number of aryl methyl sites for hydroxylation is 2. The summed E-state index contributed by atoms with van der Waals surface area (Å²) in [7, 11) is 0. The molecule has 0 aliphatic carbocycles. The lowest BCUT2D eigenvalue weighted by Gasteiger charge is -2.06. The van der Waals surface area contributed by atoms with Crippen LogP contribution in [0.15, 0.2) is 54.6 Å². The summed E-state index contributed by atoms with van der Waals surface area (Å²) in [6.45, 7) is 2.73. The molecule has 0 radical (unpaired) electrons. The van der Waals surface area contributed by atoms with Gasteiger partial charge in [0.2, 0.25) is 0 Å². The SMILES string of the molecule is Cc1cccc(C(=O)NCCCCc2ccccc2)c1. The number of carbonyl (C=O) groups is 1. The molecule has 0 aliphatic rings. The standard InChI is InChI=1S/C18H21NO/c1-15-8-7-12-17(14-15)18(20)19-13-6-5-11-16-9-3-2-4-10-16/h2-4,7-10,12,14H,5-6,11,13H2,1H3,(H,19,20). The normalized spacial score (nSPS) is 10.2. The Kier molecular flexibility index (Phi) is 5.36. The minimum atomic E-state index is 0.0217. The van der Waals surface area contributed by atoms with Gasteiger partial charge in [0.25, 0.3) is 5.91 Å². The van der Waals surface area contributed by atoms with Gasteiger partial charge in [-0.2, -0.15) is 0 Å². The zero-order chi connectivity index (χ0) is 14.2. The first kappa shape index (κ1) is 14.3. The van der Waals surface area contributed by atoms with Gasteiger partial charge >= 0.3 is 0 Å². The van der Waals surface area contributed by atoms with E-state index in [9.17, 15) is 4.79 Å². The van der Waals surface area contributed by atoms with Gasteiger partial charge in [0.1, 0.15) is 0 Å². The van der Waals surface area contributed by atoms with Crippen molar-refractivity contribution >= 4 is 5.91 Å². The van der Waals surface area contributed by atoms with E-state index in [4.69, 9.17) is 0 Å². The fourth-order valence-corrected chi connectivity index (χ4v) is 2.19. The van der Waals surface area contributed by atoms with Crippen molar-refractivity contribution in [2.24, 2.45) is 0 Å². The number of hydrogen-bond donors (Lipinski definition) is 1. The van der Waals surface area contributed by atoms with Gasteiger partial charge in [-0.3, -0.25) is 4.79 Å². The second-order valence-corrected chi connectivity index (χ2v) is 5.07. The lowest BCUT2D eigenvalue weighted by atomic mass is 10.1. The molecule has 2 aromatic carbocycles. The molecule has 0 spiro atoms. The van der Waals surface area contributed by atoms with Gasteiger partial charge in [0, 0.05) is 12.1 Å². The molecule has 1 amide bonds. The van der Waals surface area contributed by atoms with Crippen molar-refractivity contribution in [3.8, 4) is 0 Å². The summed E-state index contributed by atoms with van der Waals surface area (Å²) in [5, 5.41) is 2.97. The topological polar surface area (TPSA) is 29.1 Å². The lowest BCUT2D eigenvalue weighted by molar-refractivity contribution is 0.0953. The minimum Gasteiger partial charge on any atom is -0.352 e. The van der Waals surface area contributed by atoms with E-state index in [1.807, 2.05) is 37.3 Å². The molecule has 0 unspecified atom stereocenters. The van der Waals surface area contributed by atoms with Crippen LogP contribution < -0.4 is 5.32 Å². The fraction of sp³-hybridized carbons (Fsp3) is 0.278. The van der Waals surface area contributed by atoms with E-state index < -0.39 is 0 Å². The van der Waals surface area contributed by atoms with Crippen LogP contribution in [0.1, 0.15) is 34.3 Å². The number of carbonyl (C=O) groups excluding carboxylic acids is 1. The lowest BCUT2D eigenvalue weighted by Crippen LogP contribution is -2.24. The largest absolute Gasteiger partial charge is 0.352 e. The Hall–Kier alpha value is -2.09. The van der Waals surface area contributed by atoms with Crippen LogP contribution in [-0.2, 0) is 6.42 Å². The Bertz CT molecular complexity index is 548. The molecule has 0 saturated heterocycles. The summed E-state index contributed by atoms with van der Waals surface area (Å²) in [6.07, 6.45) is 3.17. The molecular weight excluding hydrogens is 246 g/mol. The van der Waals surface area contributed by atoms with Crippen LogP contribution in [0.5, 0.6) is 0 Å². The molecule has 104 valence electrons. The predicted molar refractivity (Wildman–Crippen MR) is 82.9 cm³/mol. The minimum absolute atomic E-state index is 0.0217. The van der Waals surface area contributed by atoms with Crippen molar-refractivity contribution < 1.29 is 4.79 Å². The summed E-state index contributed by atoms with van der Waals surface area (Å²) in [4.78, 5) is 11.9. The van der Waals surface area contributed by atoms with E-state index in [0.29, 0.717) is 0 Å². The maximum Gasteiger partial charge on any atom is 0.251 e. The third-order valence-electron chi connectivity index (χ3n) is 3.30. The molecule has 0 bridgehead atoms. The highest BCUT2D eigenvalue weighted by molar-refractivity contribution is 5.94. The van der Waals surface area contributed by atoms with Crippen LogP contribution in [-0.4, -0.2) is 12.5 Å². The van der Waals surface area contributed by atoms with Gasteiger partial charge in [0.05, 0.1) is 0 Å². The molecule has 0 fully saturated rings. The van der Waals surface area contributed by atoms with Crippen LogP contribution in [0, 0.1) is 6.92 Å². The number of hydrogen-bond acceptors (Lipinski definition) is 1. The number of unbranched alkanes of at least 4 members (excludes halogenated alkanes) is 1. The molecule has 2 rings (SSSR count). The summed E-state index contributed by atoms with van der Waals surface area (Å²) < 4.78 is 0. The maximum absolute atomic E-state index is 11.9. The predicted octanol–water partition coefficient (Wildman–Crippen LogP) is 3.75. The highest BCUT2D eigenvalue weighted by Crippen LogP contribution is 2.05. The quantitative estimate of drug-likeness (QED) is 0.794. The van der Waals surface area contributed by atoms with Crippen molar-refractivity contribution in [2.45, 2.75) is 26.2 Å².